The molecule has 0 aliphatic rings. The molecule has 0 bridgehead atoms. The number of rotatable bonds is 4. The predicted molar refractivity (Wildman–Crippen MR) is 97.0 cm³/mol. The zero-order valence-corrected chi connectivity index (χ0v) is 14.7. The zero-order chi connectivity index (χ0) is 17.3. The summed E-state index contributed by atoms with van der Waals surface area (Å²) in [6.07, 6.45) is 2.71. The van der Waals surface area contributed by atoms with E-state index in [0.29, 0.717) is 5.92 Å². The van der Waals surface area contributed by atoms with Gasteiger partial charge in [-0.1, -0.05) is 38.1 Å². The summed E-state index contributed by atoms with van der Waals surface area (Å²) in [5.41, 5.74) is 5.81. The SMILES string of the molecule is Cc1ccn(-c2cc(-c3ccc(CC(C)C)c(F)c3)ccc2C)n1. The maximum atomic E-state index is 14.4. The Morgan fingerprint density at radius 1 is 1.00 bits per heavy atom. The molecule has 2 aromatic carbocycles. The molecular weight excluding hydrogens is 299 g/mol. The van der Waals surface area contributed by atoms with Gasteiger partial charge in [-0.25, -0.2) is 9.07 Å². The van der Waals surface area contributed by atoms with Gasteiger partial charge in [0.15, 0.2) is 0 Å². The molecule has 0 unspecified atom stereocenters. The number of hydrogen-bond donors (Lipinski definition) is 0. The van der Waals surface area contributed by atoms with Crippen molar-refractivity contribution in [3.8, 4) is 16.8 Å². The molecule has 0 aliphatic heterocycles. The van der Waals surface area contributed by atoms with Crippen LogP contribution in [0.15, 0.2) is 48.7 Å². The van der Waals surface area contributed by atoms with E-state index < -0.39 is 0 Å². The van der Waals surface area contributed by atoms with Crippen molar-refractivity contribution >= 4 is 0 Å². The van der Waals surface area contributed by atoms with Gasteiger partial charge < -0.3 is 0 Å². The molecule has 0 N–H and O–H groups in total. The van der Waals surface area contributed by atoms with Crippen LogP contribution in [0.1, 0.15) is 30.7 Å². The van der Waals surface area contributed by atoms with Gasteiger partial charge in [-0.2, -0.15) is 5.10 Å². The van der Waals surface area contributed by atoms with Gasteiger partial charge in [0, 0.05) is 6.20 Å². The summed E-state index contributed by atoms with van der Waals surface area (Å²) in [5.74, 6) is 0.317. The third kappa shape index (κ3) is 3.40. The van der Waals surface area contributed by atoms with Crippen LogP contribution >= 0.6 is 0 Å². The van der Waals surface area contributed by atoms with Crippen molar-refractivity contribution in [2.24, 2.45) is 5.92 Å². The lowest BCUT2D eigenvalue weighted by Gasteiger charge is -2.11. The normalized spacial score (nSPS) is 11.2. The summed E-state index contributed by atoms with van der Waals surface area (Å²) < 4.78 is 16.3. The maximum Gasteiger partial charge on any atom is 0.127 e. The molecule has 1 aromatic heterocycles. The van der Waals surface area contributed by atoms with E-state index in [2.05, 4.69) is 38.0 Å². The largest absolute Gasteiger partial charge is 0.240 e. The van der Waals surface area contributed by atoms with E-state index in [4.69, 9.17) is 0 Å². The van der Waals surface area contributed by atoms with Crippen LogP contribution < -0.4 is 0 Å². The summed E-state index contributed by atoms with van der Waals surface area (Å²) in [6.45, 7) is 8.23. The topological polar surface area (TPSA) is 17.8 Å². The molecule has 0 amide bonds. The van der Waals surface area contributed by atoms with Gasteiger partial charge in [0.25, 0.3) is 0 Å². The van der Waals surface area contributed by atoms with E-state index in [9.17, 15) is 4.39 Å². The summed E-state index contributed by atoms with van der Waals surface area (Å²) in [7, 11) is 0. The van der Waals surface area contributed by atoms with Crippen LogP contribution in [0.3, 0.4) is 0 Å². The minimum absolute atomic E-state index is 0.127. The number of benzene rings is 2. The van der Waals surface area contributed by atoms with Gasteiger partial charge >= 0.3 is 0 Å². The smallest absolute Gasteiger partial charge is 0.127 e. The average molecular weight is 322 g/mol. The van der Waals surface area contributed by atoms with Crippen molar-refractivity contribution in [3.05, 3.63) is 71.3 Å². The van der Waals surface area contributed by atoms with Crippen LogP contribution in [0.2, 0.25) is 0 Å². The van der Waals surface area contributed by atoms with Gasteiger partial charge in [0.1, 0.15) is 5.82 Å². The van der Waals surface area contributed by atoms with Gasteiger partial charge in [-0.15, -0.1) is 0 Å². The molecule has 3 aromatic rings. The van der Waals surface area contributed by atoms with E-state index in [-0.39, 0.29) is 5.82 Å². The number of halogens is 1. The van der Waals surface area contributed by atoms with E-state index in [0.717, 1.165) is 40.1 Å². The van der Waals surface area contributed by atoms with Gasteiger partial charge in [0.05, 0.1) is 11.4 Å². The fourth-order valence-corrected chi connectivity index (χ4v) is 2.92. The first-order valence-corrected chi connectivity index (χ1v) is 8.36. The van der Waals surface area contributed by atoms with E-state index in [1.54, 1.807) is 6.07 Å². The number of nitrogens with zero attached hydrogens (tertiary/aromatic N) is 2. The molecular formula is C21H23FN2. The average Bonchev–Trinajstić information content (AvgIpc) is 2.96. The maximum absolute atomic E-state index is 14.4. The second-order valence-electron chi connectivity index (χ2n) is 6.81. The second kappa shape index (κ2) is 6.60. The standard InChI is InChI=1S/C21H23FN2/c1-14(2)11-19-8-7-17(12-20(19)22)18-6-5-15(3)21(13-18)24-10-9-16(4)23-24/h5-10,12-14H,11H2,1-4H3. The zero-order valence-electron chi connectivity index (χ0n) is 14.7. The van der Waals surface area contributed by atoms with Crippen LogP contribution in [-0.4, -0.2) is 9.78 Å². The van der Waals surface area contributed by atoms with Crippen LogP contribution in [-0.2, 0) is 6.42 Å². The second-order valence-corrected chi connectivity index (χ2v) is 6.81. The molecule has 24 heavy (non-hydrogen) atoms. The quantitative estimate of drug-likeness (QED) is 0.620. The molecule has 3 heteroatoms. The van der Waals surface area contributed by atoms with Gasteiger partial charge in [0.2, 0.25) is 0 Å². The molecule has 0 fully saturated rings. The summed E-state index contributed by atoms with van der Waals surface area (Å²) in [5, 5.41) is 4.48. The monoisotopic (exact) mass is 322 g/mol. The summed E-state index contributed by atoms with van der Waals surface area (Å²) in [6, 6.07) is 13.7. The lowest BCUT2D eigenvalue weighted by molar-refractivity contribution is 0.574. The Bertz CT molecular complexity index is 862. The van der Waals surface area contributed by atoms with Gasteiger partial charge in [-0.3, -0.25) is 0 Å². The predicted octanol–water partition coefficient (Wildman–Crippen LogP) is 5.49. The lowest BCUT2D eigenvalue weighted by Crippen LogP contribution is -1.99. The number of aromatic nitrogens is 2. The minimum atomic E-state index is -0.127. The molecule has 0 spiro atoms. The highest BCUT2D eigenvalue weighted by molar-refractivity contribution is 5.67. The van der Waals surface area contributed by atoms with Crippen molar-refractivity contribution in [1.82, 2.24) is 9.78 Å². The highest BCUT2D eigenvalue weighted by Gasteiger charge is 2.09. The third-order valence-electron chi connectivity index (χ3n) is 4.19. The van der Waals surface area contributed by atoms with Crippen LogP contribution in [0.4, 0.5) is 4.39 Å². The first-order valence-electron chi connectivity index (χ1n) is 8.36. The van der Waals surface area contributed by atoms with Gasteiger partial charge in [-0.05, 0) is 66.6 Å². The first kappa shape index (κ1) is 16.4. The molecule has 3 rings (SSSR count). The van der Waals surface area contributed by atoms with Crippen LogP contribution in [0.5, 0.6) is 0 Å². The van der Waals surface area contributed by atoms with Crippen LogP contribution in [0.25, 0.3) is 16.8 Å². The summed E-state index contributed by atoms with van der Waals surface area (Å²) >= 11 is 0. The van der Waals surface area contributed by atoms with E-state index >= 15 is 0 Å². The van der Waals surface area contributed by atoms with E-state index in [1.807, 2.05) is 42.1 Å². The first-order chi connectivity index (χ1) is 11.4. The van der Waals surface area contributed by atoms with Crippen molar-refractivity contribution in [3.63, 3.8) is 0 Å². The minimum Gasteiger partial charge on any atom is -0.240 e. The molecule has 124 valence electrons. The molecule has 1 heterocycles. The Hall–Kier alpha value is -2.42. The van der Waals surface area contributed by atoms with Crippen molar-refractivity contribution in [2.45, 2.75) is 34.1 Å². The van der Waals surface area contributed by atoms with E-state index in [1.165, 1.54) is 0 Å². The summed E-state index contributed by atoms with van der Waals surface area (Å²) in [4.78, 5) is 0. The molecule has 0 saturated heterocycles. The molecule has 0 atom stereocenters. The number of aryl methyl sites for hydroxylation is 2. The third-order valence-corrected chi connectivity index (χ3v) is 4.19. The Balaban J connectivity index is 2.00. The van der Waals surface area contributed by atoms with Crippen molar-refractivity contribution in [1.29, 1.82) is 0 Å². The van der Waals surface area contributed by atoms with Crippen molar-refractivity contribution in [2.75, 3.05) is 0 Å². The highest BCUT2D eigenvalue weighted by atomic mass is 19.1. The van der Waals surface area contributed by atoms with Crippen LogP contribution in [0, 0.1) is 25.6 Å². The fourth-order valence-electron chi connectivity index (χ4n) is 2.92. The number of hydrogen-bond acceptors (Lipinski definition) is 1. The Morgan fingerprint density at radius 3 is 2.33 bits per heavy atom. The molecule has 2 nitrogen and oxygen atoms in total. The molecule has 0 radical (unpaired) electrons. The van der Waals surface area contributed by atoms with Crippen molar-refractivity contribution < 1.29 is 4.39 Å². The lowest BCUT2D eigenvalue weighted by atomic mass is 9.97. The fraction of sp³-hybridized carbons (Fsp3) is 0.286. The highest BCUT2D eigenvalue weighted by Crippen LogP contribution is 2.27. The Kier molecular flexibility index (Phi) is 4.52. The molecule has 0 saturated carbocycles. The molecule has 0 aliphatic carbocycles. The Morgan fingerprint density at radius 2 is 1.71 bits per heavy atom. The Labute approximate surface area is 143 Å².